The molecule has 0 radical (unpaired) electrons. The highest BCUT2D eigenvalue weighted by molar-refractivity contribution is 5.28. The number of aryl methyl sites for hydroxylation is 3. The number of methoxy groups -OCH3 is 2. The molecule has 0 unspecified atom stereocenters. The Balaban J connectivity index is 0.000000249. The third-order valence-corrected chi connectivity index (χ3v) is 4.04. The van der Waals surface area contributed by atoms with E-state index in [0.717, 1.165) is 5.69 Å². The first kappa shape index (κ1) is 27.1. The van der Waals surface area contributed by atoms with Gasteiger partial charge in [-0.15, -0.1) is 0 Å². The summed E-state index contributed by atoms with van der Waals surface area (Å²) >= 11 is 0. The van der Waals surface area contributed by atoms with Crippen molar-refractivity contribution in [1.82, 2.24) is 29.3 Å². The molecule has 0 aliphatic rings. The molecule has 0 aliphatic carbocycles. The normalized spacial score (nSPS) is 10.1. The summed E-state index contributed by atoms with van der Waals surface area (Å²) in [6, 6.07) is 4.42. The number of nitrogens with zero attached hydrogens (tertiary/aromatic N) is 8. The molecule has 33 heavy (non-hydrogen) atoms. The van der Waals surface area contributed by atoms with Gasteiger partial charge in [0.1, 0.15) is 5.82 Å². The lowest BCUT2D eigenvalue weighted by molar-refractivity contribution is -0.389. The van der Waals surface area contributed by atoms with Gasteiger partial charge in [-0.25, -0.2) is 0 Å². The zero-order chi connectivity index (χ0) is 25.1. The summed E-state index contributed by atoms with van der Waals surface area (Å²) in [5.74, 6) is 0.149. The van der Waals surface area contributed by atoms with E-state index in [9.17, 15) is 20.2 Å². The lowest BCUT2D eigenvalue weighted by atomic mass is 10.4. The van der Waals surface area contributed by atoms with E-state index in [4.69, 9.17) is 20.3 Å². The van der Waals surface area contributed by atoms with Crippen molar-refractivity contribution in [2.24, 2.45) is 21.1 Å². The van der Waals surface area contributed by atoms with Gasteiger partial charge in [-0.3, -0.25) is 4.68 Å². The second kappa shape index (κ2) is 12.8. The molecule has 0 saturated carbocycles. The molecule has 3 aromatic rings. The fraction of sp³-hybridized carbons (Fsp3) is 0.471. The topological polar surface area (TPSA) is 204 Å². The monoisotopic (exact) mass is 469 g/mol. The maximum absolute atomic E-state index is 10.3. The lowest BCUT2D eigenvalue weighted by Crippen LogP contribution is -1.99. The van der Waals surface area contributed by atoms with Crippen LogP contribution in [0.2, 0.25) is 0 Å². The molecule has 16 heteroatoms. The average molecular weight is 469 g/mol. The number of rotatable bonds is 7. The van der Waals surface area contributed by atoms with E-state index in [-0.39, 0.29) is 18.2 Å². The molecule has 0 amide bonds. The fourth-order valence-corrected chi connectivity index (χ4v) is 2.40. The van der Waals surface area contributed by atoms with Gasteiger partial charge in [-0.2, -0.15) is 14.5 Å². The first-order valence-electron chi connectivity index (χ1n) is 9.25. The number of ether oxygens (including phenoxy) is 2. The summed E-state index contributed by atoms with van der Waals surface area (Å²) in [6.07, 6.45) is 0. The molecular formula is C17H27N9O7. The van der Waals surface area contributed by atoms with Gasteiger partial charge in [0.05, 0.1) is 73.3 Å². The molecule has 0 aliphatic heterocycles. The highest BCUT2D eigenvalue weighted by atomic mass is 16.6. The average Bonchev–Trinajstić information content (AvgIpc) is 3.40. The molecule has 3 heterocycles. The number of aliphatic hydroxyl groups is 1. The first-order valence-corrected chi connectivity index (χ1v) is 9.25. The van der Waals surface area contributed by atoms with Crippen LogP contribution in [-0.2, 0) is 50.4 Å². The Kier molecular flexibility index (Phi) is 10.6. The molecule has 0 fully saturated rings. The van der Waals surface area contributed by atoms with Crippen LogP contribution in [0, 0.1) is 20.2 Å². The van der Waals surface area contributed by atoms with Crippen LogP contribution in [0.3, 0.4) is 0 Å². The van der Waals surface area contributed by atoms with Crippen LogP contribution >= 0.6 is 0 Å². The van der Waals surface area contributed by atoms with E-state index in [0.29, 0.717) is 30.4 Å². The summed E-state index contributed by atoms with van der Waals surface area (Å²) < 4.78 is 14.1. The number of nitro groups is 2. The number of nitrogens with two attached hydrogens (primary N) is 1. The Morgan fingerprint density at radius 2 is 1.24 bits per heavy atom. The van der Waals surface area contributed by atoms with E-state index in [1.165, 1.54) is 28.6 Å². The van der Waals surface area contributed by atoms with Crippen molar-refractivity contribution in [3.63, 3.8) is 0 Å². The van der Waals surface area contributed by atoms with Crippen LogP contribution in [0.1, 0.15) is 17.1 Å². The predicted octanol–water partition coefficient (Wildman–Crippen LogP) is 0.444. The Hall–Kier alpha value is -3.89. The maximum atomic E-state index is 10.3. The van der Waals surface area contributed by atoms with E-state index < -0.39 is 9.85 Å². The number of nitrogen functional groups attached to an aromatic ring is 1. The molecule has 3 aromatic heterocycles. The predicted molar refractivity (Wildman–Crippen MR) is 115 cm³/mol. The van der Waals surface area contributed by atoms with Crippen molar-refractivity contribution in [3.05, 3.63) is 55.5 Å². The van der Waals surface area contributed by atoms with E-state index in [1.54, 1.807) is 32.0 Å². The van der Waals surface area contributed by atoms with Crippen molar-refractivity contribution < 1.29 is 24.4 Å². The van der Waals surface area contributed by atoms with E-state index in [2.05, 4.69) is 15.3 Å². The standard InChI is InChI=1S/C6H9N3O3.C6H11N3O.C5H7N3O3/c1-8-5(4-12-2)3-6(7-8)9(10)11;1-9-5(4-10-2)3-6(7)8-9;1-7-4(3-9)2-5(6-7)8(10)11/h3H,4H2,1-2H3;3H,4H2,1-2H3,(H2,7,8);2,9H,3H2,1H3. The smallest absolute Gasteiger partial charge is 0.390 e. The van der Waals surface area contributed by atoms with Gasteiger partial charge >= 0.3 is 11.6 Å². The van der Waals surface area contributed by atoms with Crippen LogP contribution < -0.4 is 5.73 Å². The molecule has 0 bridgehead atoms. The minimum atomic E-state index is -0.598. The minimum absolute atomic E-state index is 0.149. The second-order valence-electron chi connectivity index (χ2n) is 6.46. The first-order chi connectivity index (χ1) is 15.5. The summed E-state index contributed by atoms with van der Waals surface area (Å²) in [5, 5.41) is 40.2. The third kappa shape index (κ3) is 8.28. The van der Waals surface area contributed by atoms with Gasteiger partial charge in [0, 0.05) is 27.3 Å². The Labute approximate surface area is 188 Å². The van der Waals surface area contributed by atoms with Crippen LogP contribution in [-0.4, -0.2) is 58.5 Å². The van der Waals surface area contributed by atoms with Crippen LogP contribution in [0.15, 0.2) is 18.2 Å². The van der Waals surface area contributed by atoms with Gasteiger partial charge in [-0.1, -0.05) is 0 Å². The number of hydrogen-bond acceptors (Lipinski definition) is 11. The maximum Gasteiger partial charge on any atom is 0.390 e. The van der Waals surface area contributed by atoms with Crippen LogP contribution in [0.5, 0.6) is 0 Å². The van der Waals surface area contributed by atoms with E-state index in [1.807, 2.05) is 7.05 Å². The number of hydrogen-bond donors (Lipinski definition) is 2. The molecule has 3 N–H and O–H groups in total. The van der Waals surface area contributed by atoms with Crippen molar-refractivity contribution in [1.29, 1.82) is 0 Å². The number of aliphatic hydroxyl groups excluding tert-OH is 1. The SMILES string of the molecule is COCc1cc(N)nn1C.COCc1cc([N+](=O)[O-])nn1C.Cn1nc([N+](=O)[O-])cc1CO. The largest absolute Gasteiger partial charge is 0.390 e. The highest BCUT2D eigenvalue weighted by Gasteiger charge is 2.15. The van der Waals surface area contributed by atoms with Gasteiger partial charge in [0.2, 0.25) is 0 Å². The zero-order valence-electron chi connectivity index (χ0n) is 18.9. The molecular weight excluding hydrogens is 442 g/mol. The third-order valence-electron chi connectivity index (χ3n) is 4.04. The molecule has 3 rings (SSSR count). The van der Waals surface area contributed by atoms with Crippen molar-refractivity contribution >= 4 is 17.5 Å². The number of anilines is 1. The van der Waals surface area contributed by atoms with Crippen molar-refractivity contribution in [2.45, 2.75) is 19.8 Å². The summed E-state index contributed by atoms with van der Waals surface area (Å²) in [4.78, 5) is 19.3. The van der Waals surface area contributed by atoms with Crippen molar-refractivity contribution in [3.8, 4) is 0 Å². The minimum Gasteiger partial charge on any atom is -0.390 e. The molecule has 182 valence electrons. The molecule has 0 atom stereocenters. The second-order valence-corrected chi connectivity index (χ2v) is 6.46. The fourth-order valence-electron chi connectivity index (χ4n) is 2.40. The van der Waals surface area contributed by atoms with E-state index >= 15 is 0 Å². The molecule has 16 nitrogen and oxygen atoms in total. The van der Waals surface area contributed by atoms with Crippen LogP contribution in [0.4, 0.5) is 17.5 Å². The summed E-state index contributed by atoms with van der Waals surface area (Å²) in [5.41, 5.74) is 7.52. The molecule has 0 aromatic carbocycles. The lowest BCUT2D eigenvalue weighted by Gasteiger charge is -1.96. The van der Waals surface area contributed by atoms with Gasteiger partial charge in [-0.05, 0) is 9.85 Å². The zero-order valence-corrected chi connectivity index (χ0v) is 18.9. The van der Waals surface area contributed by atoms with Crippen LogP contribution in [0.25, 0.3) is 0 Å². The molecule has 0 saturated heterocycles. The number of aromatic nitrogens is 6. The van der Waals surface area contributed by atoms with Gasteiger partial charge in [0.25, 0.3) is 0 Å². The Morgan fingerprint density at radius 1 is 0.848 bits per heavy atom. The summed E-state index contributed by atoms with van der Waals surface area (Å²) in [6.45, 7) is 0.648. The Bertz CT molecular complexity index is 1060. The summed E-state index contributed by atoms with van der Waals surface area (Å²) in [7, 11) is 8.19. The van der Waals surface area contributed by atoms with Gasteiger partial charge in [0.15, 0.2) is 0 Å². The molecule has 0 spiro atoms. The van der Waals surface area contributed by atoms with Gasteiger partial charge < -0.3 is 40.5 Å². The van der Waals surface area contributed by atoms with Crippen molar-refractivity contribution in [2.75, 3.05) is 20.0 Å². The highest BCUT2D eigenvalue weighted by Crippen LogP contribution is 2.11. The quantitative estimate of drug-likeness (QED) is 0.359. The Morgan fingerprint density at radius 3 is 1.55 bits per heavy atom.